The molecule has 2 aliphatic rings. The quantitative estimate of drug-likeness (QED) is 0.854. The van der Waals surface area contributed by atoms with Gasteiger partial charge >= 0.3 is 0 Å². The first-order valence-electron chi connectivity index (χ1n) is 6.77. The molecule has 106 valence electrons. The van der Waals surface area contributed by atoms with Crippen LogP contribution in [-0.4, -0.2) is 39.1 Å². The van der Waals surface area contributed by atoms with Gasteiger partial charge in [0, 0.05) is 24.5 Å². The third-order valence-corrected chi connectivity index (χ3v) is 5.24. The van der Waals surface area contributed by atoms with Crippen molar-refractivity contribution in [3.8, 4) is 0 Å². The van der Waals surface area contributed by atoms with Gasteiger partial charge in [-0.25, -0.2) is 4.68 Å². The first-order chi connectivity index (χ1) is 9.79. The van der Waals surface area contributed by atoms with Crippen molar-refractivity contribution in [2.24, 2.45) is 0 Å². The molecule has 0 bridgehead atoms. The van der Waals surface area contributed by atoms with E-state index in [-0.39, 0.29) is 12.1 Å². The number of halogens is 1. The largest absolute Gasteiger partial charge is 0.370 e. The van der Waals surface area contributed by atoms with Crippen LogP contribution in [0.2, 0.25) is 4.34 Å². The third kappa shape index (κ3) is 2.26. The van der Waals surface area contributed by atoms with Gasteiger partial charge in [-0.2, -0.15) is 0 Å². The summed E-state index contributed by atoms with van der Waals surface area (Å²) in [6.45, 7) is 3.59. The van der Waals surface area contributed by atoms with Gasteiger partial charge in [-0.05, 0) is 18.6 Å². The molecule has 7 heteroatoms. The van der Waals surface area contributed by atoms with Crippen LogP contribution in [0.1, 0.15) is 23.0 Å². The molecule has 0 radical (unpaired) electrons. The van der Waals surface area contributed by atoms with Crippen molar-refractivity contribution in [3.05, 3.63) is 33.2 Å². The van der Waals surface area contributed by atoms with Crippen molar-refractivity contribution in [1.82, 2.24) is 19.9 Å². The van der Waals surface area contributed by atoms with Crippen LogP contribution in [0.15, 0.2) is 18.3 Å². The number of likely N-dealkylation sites (tertiary alicyclic amines) is 1. The Balaban J connectivity index is 1.51. The molecule has 0 aliphatic carbocycles. The molecule has 5 nitrogen and oxygen atoms in total. The SMILES string of the molecule is Clc1ccc(CN2CCC3OCc4cnnn4C3C2)s1. The number of hydrogen-bond acceptors (Lipinski definition) is 5. The number of piperidine rings is 1. The highest BCUT2D eigenvalue weighted by atomic mass is 35.5. The van der Waals surface area contributed by atoms with Crippen LogP contribution in [0.4, 0.5) is 0 Å². The molecule has 0 spiro atoms. The number of rotatable bonds is 2. The van der Waals surface area contributed by atoms with Crippen LogP contribution in [0.25, 0.3) is 0 Å². The lowest BCUT2D eigenvalue weighted by molar-refractivity contribution is -0.0668. The molecule has 2 aliphatic heterocycles. The summed E-state index contributed by atoms with van der Waals surface area (Å²) in [7, 11) is 0. The number of aromatic nitrogens is 3. The Morgan fingerprint density at radius 2 is 2.40 bits per heavy atom. The fraction of sp³-hybridized carbons (Fsp3) is 0.538. The van der Waals surface area contributed by atoms with Crippen LogP contribution in [0.3, 0.4) is 0 Å². The minimum absolute atomic E-state index is 0.271. The van der Waals surface area contributed by atoms with E-state index in [1.165, 1.54) is 4.88 Å². The van der Waals surface area contributed by atoms with Gasteiger partial charge in [0.15, 0.2) is 0 Å². The van der Waals surface area contributed by atoms with Crippen LogP contribution in [0, 0.1) is 0 Å². The summed E-state index contributed by atoms with van der Waals surface area (Å²) in [5, 5.41) is 8.23. The molecular formula is C13H15ClN4OS. The molecular weight excluding hydrogens is 296 g/mol. The summed E-state index contributed by atoms with van der Waals surface area (Å²) < 4.78 is 8.82. The molecule has 4 heterocycles. The second kappa shape index (κ2) is 5.11. The van der Waals surface area contributed by atoms with E-state index >= 15 is 0 Å². The molecule has 0 amide bonds. The lowest BCUT2D eigenvalue weighted by Gasteiger charge is -2.40. The van der Waals surface area contributed by atoms with Gasteiger partial charge in [0.25, 0.3) is 0 Å². The topological polar surface area (TPSA) is 43.2 Å². The summed E-state index contributed by atoms with van der Waals surface area (Å²) in [6, 6.07) is 4.36. The molecule has 0 saturated carbocycles. The Bertz CT molecular complexity index is 613. The average Bonchev–Trinajstić information content (AvgIpc) is 3.07. The molecule has 0 aromatic carbocycles. The van der Waals surface area contributed by atoms with E-state index in [0.29, 0.717) is 6.61 Å². The van der Waals surface area contributed by atoms with Crippen molar-refractivity contribution in [1.29, 1.82) is 0 Å². The molecule has 2 aromatic heterocycles. The number of hydrogen-bond donors (Lipinski definition) is 0. The average molecular weight is 311 g/mol. The van der Waals surface area contributed by atoms with Crippen molar-refractivity contribution >= 4 is 22.9 Å². The van der Waals surface area contributed by atoms with E-state index in [9.17, 15) is 0 Å². The van der Waals surface area contributed by atoms with Gasteiger partial charge < -0.3 is 4.74 Å². The zero-order chi connectivity index (χ0) is 13.5. The Morgan fingerprint density at radius 3 is 3.25 bits per heavy atom. The van der Waals surface area contributed by atoms with Crippen molar-refractivity contribution < 1.29 is 4.74 Å². The smallest absolute Gasteiger partial charge is 0.0931 e. The highest BCUT2D eigenvalue weighted by molar-refractivity contribution is 7.16. The van der Waals surface area contributed by atoms with E-state index in [4.69, 9.17) is 16.3 Å². The Kier molecular flexibility index (Phi) is 3.26. The van der Waals surface area contributed by atoms with Crippen molar-refractivity contribution in [2.75, 3.05) is 13.1 Å². The standard InChI is InChI=1S/C13H15ClN4OS/c14-13-2-1-10(20-13)6-17-4-3-12-11(7-17)18-9(8-19-12)5-15-16-18/h1-2,5,11-12H,3-4,6-8H2. The fourth-order valence-corrected chi connectivity index (χ4v) is 4.18. The maximum absolute atomic E-state index is 6.00. The first-order valence-corrected chi connectivity index (χ1v) is 7.96. The summed E-state index contributed by atoms with van der Waals surface area (Å²) in [6.07, 6.45) is 3.12. The first kappa shape index (κ1) is 12.8. The highest BCUT2D eigenvalue weighted by Gasteiger charge is 2.36. The van der Waals surface area contributed by atoms with Gasteiger partial charge in [0.2, 0.25) is 0 Å². The molecule has 20 heavy (non-hydrogen) atoms. The van der Waals surface area contributed by atoms with Crippen molar-refractivity contribution in [2.45, 2.75) is 31.7 Å². The van der Waals surface area contributed by atoms with E-state index < -0.39 is 0 Å². The molecule has 1 fully saturated rings. The summed E-state index contributed by atoms with van der Waals surface area (Å²) in [5.41, 5.74) is 1.08. The lowest BCUT2D eigenvalue weighted by Crippen LogP contribution is -2.47. The van der Waals surface area contributed by atoms with E-state index in [1.54, 1.807) is 17.5 Å². The summed E-state index contributed by atoms with van der Waals surface area (Å²) >= 11 is 7.65. The molecule has 0 N–H and O–H groups in total. The predicted molar refractivity (Wildman–Crippen MR) is 76.9 cm³/mol. The fourth-order valence-electron chi connectivity index (χ4n) is 3.05. The van der Waals surface area contributed by atoms with Gasteiger partial charge in [0.1, 0.15) is 0 Å². The van der Waals surface area contributed by atoms with Crippen molar-refractivity contribution in [3.63, 3.8) is 0 Å². The second-order valence-electron chi connectivity index (χ2n) is 5.32. The zero-order valence-corrected chi connectivity index (χ0v) is 12.5. The van der Waals surface area contributed by atoms with Crippen LogP contribution in [-0.2, 0) is 17.9 Å². The number of thiophene rings is 1. The number of ether oxygens (including phenoxy) is 1. The van der Waals surface area contributed by atoms with Gasteiger partial charge in [-0.15, -0.1) is 16.4 Å². The van der Waals surface area contributed by atoms with Crippen LogP contribution in [0.5, 0.6) is 0 Å². The molecule has 4 rings (SSSR count). The monoisotopic (exact) mass is 310 g/mol. The number of fused-ring (bicyclic) bond motifs is 3. The molecule has 2 atom stereocenters. The second-order valence-corrected chi connectivity index (χ2v) is 7.12. The maximum atomic E-state index is 6.00. The molecule has 2 aromatic rings. The minimum atomic E-state index is 0.271. The Hall–Kier alpha value is -0.950. The van der Waals surface area contributed by atoms with E-state index in [2.05, 4.69) is 21.3 Å². The Morgan fingerprint density at radius 1 is 1.45 bits per heavy atom. The summed E-state index contributed by atoms with van der Waals surface area (Å²) in [5.74, 6) is 0. The summed E-state index contributed by atoms with van der Waals surface area (Å²) in [4.78, 5) is 3.76. The Labute approximate surface area is 126 Å². The van der Waals surface area contributed by atoms with E-state index in [1.807, 2.05) is 10.7 Å². The van der Waals surface area contributed by atoms with Crippen LogP contribution < -0.4 is 0 Å². The van der Waals surface area contributed by atoms with Crippen LogP contribution >= 0.6 is 22.9 Å². The maximum Gasteiger partial charge on any atom is 0.0931 e. The third-order valence-electron chi connectivity index (χ3n) is 4.02. The van der Waals surface area contributed by atoms with E-state index in [0.717, 1.165) is 36.1 Å². The van der Waals surface area contributed by atoms with Gasteiger partial charge in [-0.1, -0.05) is 16.8 Å². The van der Waals surface area contributed by atoms with Gasteiger partial charge in [-0.3, -0.25) is 4.90 Å². The molecule has 1 saturated heterocycles. The lowest BCUT2D eigenvalue weighted by atomic mass is 10.0. The molecule has 2 unspecified atom stereocenters. The zero-order valence-electron chi connectivity index (χ0n) is 10.9. The number of nitrogens with zero attached hydrogens (tertiary/aromatic N) is 4. The predicted octanol–water partition coefficient (Wildman–Crippen LogP) is 2.34. The minimum Gasteiger partial charge on any atom is -0.370 e. The highest BCUT2D eigenvalue weighted by Crippen LogP contribution is 2.31. The van der Waals surface area contributed by atoms with Gasteiger partial charge in [0.05, 0.1) is 35.0 Å². The normalized spacial score (nSPS) is 26.2.